The molecule has 5 nitrogen and oxygen atoms in total. The summed E-state index contributed by atoms with van der Waals surface area (Å²) in [7, 11) is 0. The summed E-state index contributed by atoms with van der Waals surface area (Å²) in [5, 5.41) is 0. The van der Waals surface area contributed by atoms with Gasteiger partial charge in [-0.25, -0.2) is 0 Å². The van der Waals surface area contributed by atoms with E-state index in [1.165, 1.54) is 12.5 Å². The van der Waals surface area contributed by atoms with Gasteiger partial charge in [-0.1, -0.05) is 0 Å². The number of nitrogens with zero attached hydrogens (tertiary/aromatic N) is 1. The third kappa shape index (κ3) is 1.80. The molecule has 0 aliphatic heterocycles. The molecule has 0 radical (unpaired) electrons. The van der Waals surface area contributed by atoms with Gasteiger partial charge < -0.3 is 10.5 Å². The minimum absolute atomic E-state index is 0.0989. The molecule has 3 N–H and O–H groups in total. The number of ether oxygens (including phenoxy) is 1. The number of nitrogens with two attached hydrogens (primary N) is 1. The van der Waals surface area contributed by atoms with Crippen molar-refractivity contribution >= 4 is 5.95 Å². The largest absolute Gasteiger partial charge is 0.474 e. The third-order valence-electron chi connectivity index (χ3n) is 2.08. The van der Waals surface area contributed by atoms with E-state index in [-0.39, 0.29) is 17.6 Å². The molecule has 0 spiro atoms. The fourth-order valence-electron chi connectivity index (χ4n) is 1.17. The van der Waals surface area contributed by atoms with Crippen molar-refractivity contribution in [1.82, 2.24) is 9.97 Å². The minimum atomic E-state index is -0.276. The molecular formula is C8H11N3O2. The molecule has 1 aliphatic carbocycles. The van der Waals surface area contributed by atoms with Gasteiger partial charge in [-0.15, -0.1) is 0 Å². The Kier molecular flexibility index (Phi) is 1.92. The summed E-state index contributed by atoms with van der Waals surface area (Å²) in [6.45, 7) is 0. The Labute approximate surface area is 74.9 Å². The van der Waals surface area contributed by atoms with Gasteiger partial charge >= 0.3 is 0 Å². The Bertz CT molecular complexity index is 357. The molecule has 5 heteroatoms. The smallest absolute Gasteiger partial charge is 0.256 e. The van der Waals surface area contributed by atoms with Crippen LogP contribution >= 0.6 is 0 Å². The van der Waals surface area contributed by atoms with Crippen molar-refractivity contribution in [2.75, 3.05) is 5.73 Å². The Hall–Kier alpha value is -1.52. The van der Waals surface area contributed by atoms with Crippen molar-refractivity contribution in [3.63, 3.8) is 0 Å². The molecule has 13 heavy (non-hydrogen) atoms. The first kappa shape index (κ1) is 8.10. The number of nitrogens with one attached hydrogen (secondary N) is 1. The van der Waals surface area contributed by atoms with Gasteiger partial charge in [-0.05, 0) is 19.3 Å². The van der Waals surface area contributed by atoms with Gasteiger partial charge in [0.05, 0.1) is 6.07 Å². The highest BCUT2D eigenvalue weighted by molar-refractivity contribution is 5.21. The number of hydrogen-bond donors (Lipinski definition) is 2. The molecule has 1 saturated carbocycles. The summed E-state index contributed by atoms with van der Waals surface area (Å²) in [4.78, 5) is 17.2. The minimum Gasteiger partial charge on any atom is -0.474 e. The molecule has 1 fully saturated rings. The Morgan fingerprint density at radius 2 is 2.38 bits per heavy atom. The van der Waals surface area contributed by atoms with Gasteiger partial charge in [0.2, 0.25) is 11.8 Å². The van der Waals surface area contributed by atoms with Crippen molar-refractivity contribution in [3.05, 3.63) is 16.4 Å². The van der Waals surface area contributed by atoms with Crippen LogP contribution in [0.2, 0.25) is 0 Å². The third-order valence-corrected chi connectivity index (χ3v) is 2.08. The van der Waals surface area contributed by atoms with Crippen molar-refractivity contribution < 1.29 is 4.74 Å². The Morgan fingerprint density at radius 1 is 1.62 bits per heavy atom. The normalized spacial score (nSPS) is 16.6. The maximum absolute atomic E-state index is 10.9. The zero-order chi connectivity index (χ0) is 9.26. The van der Waals surface area contributed by atoms with Gasteiger partial charge in [0.25, 0.3) is 5.56 Å². The highest BCUT2D eigenvalue weighted by Crippen LogP contribution is 2.23. The summed E-state index contributed by atoms with van der Waals surface area (Å²) >= 11 is 0. The van der Waals surface area contributed by atoms with Crippen molar-refractivity contribution in [2.24, 2.45) is 0 Å². The summed E-state index contributed by atoms with van der Waals surface area (Å²) in [6, 6.07) is 1.31. The Balaban J connectivity index is 2.14. The van der Waals surface area contributed by atoms with Gasteiger partial charge in [0.15, 0.2) is 0 Å². The number of hydrogen-bond acceptors (Lipinski definition) is 4. The molecule has 0 amide bonds. The van der Waals surface area contributed by atoms with Crippen LogP contribution in [0.5, 0.6) is 5.88 Å². The van der Waals surface area contributed by atoms with E-state index in [1.54, 1.807) is 0 Å². The summed E-state index contributed by atoms with van der Waals surface area (Å²) in [5.74, 6) is 0.424. The highest BCUT2D eigenvalue weighted by Gasteiger charge is 2.19. The molecule has 0 bridgehead atoms. The van der Waals surface area contributed by atoms with Gasteiger partial charge in [0, 0.05) is 0 Å². The van der Waals surface area contributed by atoms with Crippen LogP contribution in [-0.2, 0) is 0 Å². The van der Waals surface area contributed by atoms with E-state index in [2.05, 4.69) is 9.97 Å². The van der Waals surface area contributed by atoms with Crippen LogP contribution in [0.1, 0.15) is 19.3 Å². The molecule has 0 atom stereocenters. The molecular weight excluding hydrogens is 170 g/mol. The lowest BCUT2D eigenvalue weighted by Gasteiger charge is -2.25. The number of nitrogen functional groups attached to an aromatic ring is 1. The van der Waals surface area contributed by atoms with Gasteiger partial charge in [0.1, 0.15) is 6.10 Å². The number of aromatic amines is 1. The van der Waals surface area contributed by atoms with E-state index >= 15 is 0 Å². The van der Waals surface area contributed by atoms with Crippen LogP contribution in [-0.4, -0.2) is 16.1 Å². The summed E-state index contributed by atoms with van der Waals surface area (Å²) in [5.41, 5.74) is 5.07. The maximum Gasteiger partial charge on any atom is 0.256 e. The molecule has 2 rings (SSSR count). The van der Waals surface area contributed by atoms with Gasteiger partial charge in [-0.3, -0.25) is 9.78 Å². The molecule has 1 aliphatic rings. The maximum atomic E-state index is 10.9. The second-order valence-electron chi connectivity index (χ2n) is 3.14. The van der Waals surface area contributed by atoms with E-state index < -0.39 is 0 Å². The first-order valence-electron chi connectivity index (χ1n) is 4.27. The van der Waals surface area contributed by atoms with E-state index in [1.807, 2.05) is 0 Å². The first-order valence-corrected chi connectivity index (χ1v) is 4.27. The second-order valence-corrected chi connectivity index (χ2v) is 3.14. The molecule has 0 aromatic carbocycles. The van der Waals surface area contributed by atoms with E-state index in [4.69, 9.17) is 10.5 Å². The summed E-state index contributed by atoms with van der Waals surface area (Å²) in [6.07, 6.45) is 3.47. The van der Waals surface area contributed by atoms with Crippen LogP contribution in [0.15, 0.2) is 10.9 Å². The lowest BCUT2D eigenvalue weighted by atomic mass is 9.96. The number of anilines is 1. The molecule has 0 saturated heterocycles. The predicted octanol–water partition coefficient (Wildman–Crippen LogP) is 0.283. The lowest BCUT2D eigenvalue weighted by Crippen LogP contribution is -2.26. The molecule has 1 aromatic rings. The van der Waals surface area contributed by atoms with Crippen molar-refractivity contribution in [3.8, 4) is 5.88 Å². The average molecular weight is 181 g/mol. The van der Waals surface area contributed by atoms with Crippen LogP contribution in [0.3, 0.4) is 0 Å². The zero-order valence-electron chi connectivity index (χ0n) is 7.12. The highest BCUT2D eigenvalue weighted by atomic mass is 16.5. The fourth-order valence-corrected chi connectivity index (χ4v) is 1.17. The molecule has 70 valence electrons. The van der Waals surface area contributed by atoms with Crippen LogP contribution in [0.25, 0.3) is 0 Å². The molecule has 1 aromatic heterocycles. The van der Waals surface area contributed by atoms with Gasteiger partial charge in [-0.2, -0.15) is 4.98 Å². The first-order chi connectivity index (χ1) is 6.24. The van der Waals surface area contributed by atoms with Crippen molar-refractivity contribution in [2.45, 2.75) is 25.4 Å². The number of H-pyrrole nitrogens is 1. The van der Waals surface area contributed by atoms with E-state index in [0.717, 1.165) is 12.8 Å². The SMILES string of the molecule is Nc1nc(OC2CCC2)cc(=O)[nH]1. The van der Waals surface area contributed by atoms with Crippen LogP contribution in [0.4, 0.5) is 5.95 Å². The fraction of sp³-hybridized carbons (Fsp3) is 0.500. The van der Waals surface area contributed by atoms with E-state index in [9.17, 15) is 4.79 Å². The summed E-state index contributed by atoms with van der Waals surface area (Å²) < 4.78 is 5.40. The second kappa shape index (κ2) is 3.08. The topological polar surface area (TPSA) is 81.0 Å². The Morgan fingerprint density at radius 3 is 2.92 bits per heavy atom. The standard InChI is InChI=1S/C8H11N3O2/c9-8-10-6(12)4-7(11-8)13-5-2-1-3-5/h4-5H,1-3H2,(H3,9,10,11,12). The molecule has 0 unspecified atom stereocenters. The van der Waals surface area contributed by atoms with Crippen molar-refractivity contribution in [1.29, 1.82) is 0 Å². The predicted molar refractivity (Wildman–Crippen MR) is 47.5 cm³/mol. The van der Waals surface area contributed by atoms with Crippen LogP contribution < -0.4 is 16.0 Å². The monoisotopic (exact) mass is 181 g/mol. The zero-order valence-corrected chi connectivity index (χ0v) is 7.12. The van der Waals surface area contributed by atoms with E-state index in [0.29, 0.717) is 5.88 Å². The van der Waals surface area contributed by atoms with Crippen LogP contribution in [0, 0.1) is 0 Å². The number of aromatic nitrogens is 2. The quantitative estimate of drug-likeness (QED) is 0.686. The number of rotatable bonds is 2. The molecule has 1 heterocycles. The lowest BCUT2D eigenvalue weighted by molar-refractivity contribution is 0.114. The average Bonchev–Trinajstić information content (AvgIpc) is 1.95.